The number of hydrogen-bond acceptors (Lipinski definition) is 4. The molecule has 0 unspecified atom stereocenters. The number of fused-ring (bicyclic) bond motifs is 3. The third-order valence-corrected chi connectivity index (χ3v) is 7.67. The summed E-state index contributed by atoms with van der Waals surface area (Å²) in [5.74, 6) is 1.52. The van der Waals surface area contributed by atoms with Crippen LogP contribution in [0.25, 0.3) is 0 Å². The smallest absolute Gasteiger partial charge is 0.213 e. The Hall–Kier alpha value is -2.40. The van der Waals surface area contributed by atoms with Crippen LogP contribution in [0.2, 0.25) is 15.1 Å². The molecule has 37 heavy (non-hydrogen) atoms. The number of unbranched alkanes of at least 4 members (excludes halogenated alkanes) is 5. The van der Waals surface area contributed by atoms with E-state index in [1.807, 2.05) is 59.6 Å². The van der Waals surface area contributed by atoms with Gasteiger partial charge in [-0.25, -0.2) is 5.01 Å². The zero-order valence-electron chi connectivity index (χ0n) is 20.9. The molecule has 2 heterocycles. The Morgan fingerprint density at radius 1 is 0.892 bits per heavy atom. The van der Waals surface area contributed by atoms with Crippen molar-refractivity contribution < 1.29 is 9.47 Å². The van der Waals surface area contributed by atoms with Gasteiger partial charge in [0.05, 0.1) is 23.4 Å². The molecular formula is C30H31Cl3N2O2. The molecule has 0 saturated heterocycles. The predicted molar refractivity (Wildman–Crippen MR) is 152 cm³/mol. The molecular weight excluding hydrogens is 527 g/mol. The van der Waals surface area contributed by atoms with Crippen LogP contribution in [0, 0.1) is 0 Å². The van der Waals surface area contributed by atoms with Crippen LogP contribution >= 0.6 is 34.8 Å². The van der Waals surface area contributed by atoms with Crippen molar-refractivity contribution in [2.75, 3.05) is 6.61 Å². The normalized spacial score (nSPS) is 18.2. The molecule has 0 spiro atoms. The molecule has 194 valence electrons. The van der Waals surface area contributed by atoms with Crippen molar-refractivity contribution >= 4 is 40.5 Å². The van der Waals surface area contributed by atoms with Crippen molar-refractivity contribution in [3.63, 3.8) is 0 Å². The zero-order valence-corrected chi connectivity index (χ0v) is 23.2. The minimum atomic E-state index is -0.423. The highest BCUT2D eigenvalue weighted by Gasteiger charge is 2.42. The van der Waals surface area contributed by atoms with E-state index in [1.165, 1.54) is 32.1 Å². The largest absolute Gasteiger partial charge is 0.494 e. The number of nitrogens with zero attached hydrogens (tertiary/aromatic N) is 2. The third-order valence-electron chi connectivity index (χ3n) is 6.92. The maximum atomic E-state index is 6.60. The van der Waals surface area contributed by atoms with Gasteiger partial charge >= 0.3 is 0 Å². The molecule has 0 bridgehead atoms. The van der Waals surface area contributed by atoms with Crippen LogP contribution in [0.15, 0.2) is 65.8 Å². The minimum Gasteiger partial charge on any atom is -0.494 e. The molecule has 0 aliphatic carbocycles. The molecule has 4 nitrogen and oxygen atoms in total. The molecule has 2 aliphatic rings. The van der Waals surface area contributed by atoms with Crippen molar-refractivity contribution in [1.29, 1.82) is 0 Å². The lowest BCUT2D eigenvalue weighted by Crippen LogP contribution is -2.33. The van der Waals surface area contributed by atoms with E-state index in [0.29, 0.717) is 27.2 Å². The molecule has 3 aromatic rings. The van der Waals surface area contributed by atoms with Gasteiger partial charge < -0.3 is 9.47 Å². The Morgan fingerprint density at radius 3 is 2.38 bits per heavy atom. The first-order chi connectivity index (χ1) is 18.0. The molecule has 0 amide bonds. The summed E-state index contributed by atoms with van der Waals surface area (Å²) in [4.78, 5) is 0. The van der Waals surface area contributed by atoms with Crippen molar-refractivity contribution in [3.05, 3.63) is 92.4 Å². The van der Waals surface area contributed by atoms with Gasteiger partial charge in [0.25, 0.3) is 0 Å². The lowest BCUT2D eigenvalue weighted by atomic mass is 9.96. The van der Waals surface area contributed by atoms with Crippen molar-refractivity contribution in [1.82, 2.24) is 5.01 Å². The van der Waals surface area contributed by atoms with E-state index >= 15 is 0 Å². The van der Waals surface area contributed by atoms with Gasteiger partial charge in [-0.05, 0) is 60.5 Å². The first kappa shape index (κ1) is 26.2. The predicted octanol–water partition coefficient (Wildman–Crippen LogP) is 9.63. The van der Waals surface area contributed by atoms with E-state index in [9.17, 15) is 0 Å². The van der Waals surface area contributed by atoms with E-state index < -0.39 is 6.23 Å². The van der Waals surface area contributed by atoms with Crippen LogP contribution in [0.3, 0.4) is 0 Å². The van der Waals surface area contributed by atoms with Gasteiger partial charge in [0.1, 0.15) is 11.5 Å². The quantitative estimate of drug-likeness (QED) is 0.233. The lowest BCUT2D eigenvalue weighted by molar-refractivity contribution is -0.0189. The minimum absolute atomic E-state index is 0.0423. The topological polar surface area (TPSA) is 34.1 Å². The average Bonchev–Trinajstić information content (AvgIpc) is 3.35. The summed E-state index contributed by atoms with van der Waals surface area (Å²) < 4.78 is 12.5. The van der Waals surface area contributed by atoms with Crippen molar-refractivity contribution in [2.24, 2.45) is 5.10 Å². The Balaban J connectivity index is 1.35. The second-order valence-corrected chi connectivity index (χ2v) is 10.9. The maximum absolute atomic E-state index is 6.60. The first-order valence-electron chi connectivity index (χ1n) is 13.0. The summed E-state index contributed by atoms with van der Waals surface area (Å²) in [6, 6.07) is 19.5. The van der Waals surface area contributed by atoms with Crippen LogP contribution in [0.4, 0.5) is 0 Å². The standard InChI is InChI=1S/C30H31Cl3N2O2/c1-2-3-4-5-6-7-16-36-24-14-10-21(11-15-24)30-35-28(25-17-23(32)18-26(33)29(25)37-30)19-27(34-35)20-8-12-22(31)13-9-20/h8-15,17-18,28,30H,2-7,16,19H2,1H3/t28-,30-/m1/s1. The molecule has 0 N–H and O–H groups in total. The summed E-state index contributed by atoms with van der Waals surface area (Å²) in [5, 5.41) is 8.81. The monoisotopic (exact) mass is 556 g/mol. The van der Waals surface area contributed by atoms with Crippen LogP contribution in [0.1, 0.15) is 80.8 Å². The Kier molecular flexibility index (Phi) is 8.49. The molecule has 2 aliphatic heterocycles. The summed E-state index contributed by atoms with van der Waals surface area (Å²) >= 11 is 19.1. The van der Waals surface area contributed by atoms with E-state index in [4.69, 9.17) is 49.4 Å². The second kappa shape index (κ2) is 12.0. The van der Waals surface area contributed by atoms with E-state index in [2.05, 4.69) is 6.92 Å². The fourth-order valence-electron chi connectivity index (χ4n) is 4.95. The Bertz CT molecular complexity index is 1240. The highest BCUT2D eigenvalue weighted by atomic mass is 35.5. The number of halogens is 3. The summed E-state index contributed by atoms with van der Waals surface area (Å²) in [6.45, 7) is 2.97. The molecule has 0 aromatic heterocycles. The maximum Gasteiger partial charge on any atom is 0.213 e. The van der Waals surface area contributed by atoms with Gasteiger partial charge in [-0.2, -0.15) is 5.10 Å². The molecule has 7 heteroatoms. The second-order valence-electron chi connectivity index (χ2n) is 9.61. The van der Waals surface area contributed by atoms with Gasteiger partial charge in [-0.3, -0.25) is 0 Å². The molecule has 3 aromatic carbocycles. The molecule has 2 atom stereocenters. The highest BCUT2D eigenvalue weighted by Crippen LogP contribution is 2.50. The van der Waals surface area contributed by atoms with E-state index in [-0.39, 0.29) is 6.04 Å². The highest BCUT2D eigenvalue weighted by molar-refractivity contribution is 6.35. The summed E-state index contributed by atoms with van der Waals surface area (Å²) in [7, 11) is 0. The lowest BCUT2D eigenvalue weighted by Gasteiger charge is -2.38. The van der Waals surface area contributed by atoms with Crippen molar-refractivity contribution in [3.8, 4) is 11.5 Å². The number of benzene rings is 3. The zero-order chi connectivity index (χ0) is 25.8. The third kappa shape index (κ3) is 6.03. The number of hydrogen-bond donors (Lipinski definition) is 0. The van der Waals surface area contributed by atoms with Crippen LogP contribution in [-0.4, -0.2) is 17.3 Å². The Labute approximate surface area is 234 Å². The number of ether oxygens (including phenoxy) is 2. The van der Waals surface area contributed by atoms with Gasteiger partial charge in [0.2, 0.25) is 6.23 Å². The fraction of sp³-hybridized carbons (Fsp3) is 0.367. The molecule has 0 radical (unpaired) electrons. The fourth-order valence-corrected chi connectivity index (χ4v) is 5.63. The first-order valence-corrected chi connectivity index (χ1v) is 14.2. The van der Waals surface area contributed by atoms with E-state index in [0.717, 1.165) is 41.2 Å². The van der Waals surface area contributed by atoms with Gasteiger partial charge in [-0.1, -0.05) is 86.0 Å². The van der Waals surface area contributed by atoms with Gasteiger partial charge in [-0.15, -0.1) is 0 Å². The van der Waals surface area contributed by atoms with Gasteiger partial charge in [0.15, 0.2) is 0 Å². The molecule has 5 rings (SSSR count). The number of rotatable bonds is 10. The average molecular weight is 558 g/mol. The Morgan fingerprint density at radius 2 is 1.62 bits per heavy atom. The SMILES string of the molecule is CCCCCCCCOc1ccc([C@H]2Oc3c(Cl)cc(Cl)cc3[C@H]3CC(c4ccc(Cl)cc4)=NN32)cc1. The van der Waals surface area contributed by atoms with E-state index in [1.54, 1.807) is 6.07 Å². The number of hydrazone groups is 1. The summed E-state index contributed by atoms with van der Waals surface area (Å²) in [5.41, 5.74) is 3.93. The van der Waals surface area contributed by atoms with Crippen LogP contribution in [0.5, 0.6) is 11.5 Å². The van der Waals surface area contributed by atoms with Gasteiger partial charge in [0, 0.05) is 27.6 Å². The van der Waals surface area contributed by atoms with Crippen LogP contribution in [-0.2, 0) is 0 Å². The summed E-state index contributed by atoms with van der Waals surface area (Å²) in [6.07, 6.45) is 7.75. The molecule has 0 fully saturated rings. The molecule has 0 saturated carbocycles. The van der Waals surface area contributed by atoms with Crippen LogP contribution < -0.4 is 9.47 Å². The van der Waals surface area contributed by atoms with Crippen molar-refractivity contribution in [2.45, 2.75) is 64.1 Å².